The van der Waals surface area contributed by atoms with Crippen molar-refractivity contribution < 1.29 is 0 Å². The van der Waals surface area contributed by atoms with Crippen molar-refractivity contribution in [2.24, 2.45) is 0 Å². The van der Waals surface area contributed by atoms with E-state index in [1.165, 1.54) is 41.8 Å². The second-order valence-corrected chi connectivity index (χ2v) is 6.21. The average Bonchev–Trinajstić information content (AvgIpc) is 2.87. The zero-order chi connectivity index (χ0) is 14.4. The van der Waals surface area contributed by atoms with Gasteiger partial charge in [0.2, 0.25) is 0 Å². The first-order valence-corrected chi connectivity index (χ1v) is 8.34. The number of aryl methyl sites for hydroxylation is 2. The molecule has 1 N–H and O–H groups in total. The Balaban J connectivity index is 1.92. The Kier molecular flexibility index (Phi) is 5.60. The summed E-state index contributed by atoms with van der Waals surface area (Å²) in [5, 5.41) is 3.55. The minimum absolute atomic E-state index is 0.313. The van der Waals surface area contributed by atoms with Crippen LogP contribution < -0.4 is 5.32 Å². The first-order chi connectivity index (χ1) is 9.70. The van der Waals surface area contributed by atoms with Crippen LogP contribution >= 0.6 is 11.3 Å². The molecule has 0 saturated heterocycles. The van der Waals surface area contributed by atoms with Crippen molar-refractivity contribution in [2.75, 3.05) is 5.32 Å². The lowest BCUT2D eigenvalue weighted by molar-refractivity contribution is 0.717. The average molecular weight is 288 g/mol. The maximum atomic E-state index is 4.31. The number of anilines is 1. The lowest BCUT2D eigenvalue weighted by Crippen LogP contribution is -2.06. The molecule has 2 aromatic rings. The molecule has 0 radical (unpaired) electrons. The predicted molar refractivity (Wildman–Crippen MR) is 88.6 cm³/mol. The topological polar surface area (TPSA) is 24.9 Å². The molecule has 0 bridgehead atoms. The third-order valence-corrected chi connectivity index (χ3v) is 4.70. The van der Waals surface area contributed by atoms with Crippen LogP contribution in [0.25, 0.3) is 0 Å². The summed E-state index contributed by atoms with van der Waals surface area (Å²) in [5.74, 6) is 0. The fourth-order valence-corrected chi connectivity index (χ4v) is 3.20. The van der Waals surface area contributed by atoms with Crippen LogP contribution in [0.15, 0.2) is 29.8 Å². The van der Waals surface area contributed by atoms with Gasteiger partial charge in [-0.05, 0) is 44.4 Å². The van der Waals surface area contributed by atoms with Crippen molar-refractivity contribution in [1.29, 1.82) is 0 Å². The van der Waals surface area contributed by atoms with Gasteiger partial charge in [-0.15, -0.1) is 11.3 Å². The molecule has 0 aliphatic rings. The van der Waals surface area contributed by atoms with Crippen LogP contribution in [-0.2, 0) is 6.42 Å². The molecule has 3 heteroatoms. The van der Waals surface area contributed by atoms with Crippen LogP contribution in [0.3, 0.4) is 0 Å². The number of aromatic nitrogens is 1. The minimum Gasteiger partial charge on any atom is -0.378 e. The summed E-state index contributed by atoms with van der Waals surface area (Å²) >= 11 is 1.72. The first-order valence-electron chi connectivity index (χ1n) is 7.46. The molecule has 1 heterocycles. The van der Waals surface area contributed by atoms with Crippen molar-refractivity contribution in [2.45, 2.75) is 52.5 Å². The summed E-state index contributed by atoms with van der Waals surface area (Å²) in [6.07, 6.45) is 5.09. The Hall–Kier alpha value is -1.35. The van der Waals surface area contributed by atoms with Crippen molar-refractivity contribution in [1.82, 2.24) is 4.98 Å². The largest absolute Gasteiger partial charge is 0.378 e. The normalized spacial score (nSPS) is 12.3. The number of nitrogens with zero attached hydrogens (tertiary/aromatic N) is 1. The second kappa shape index (κ2) is 7.44. The molecule has 2 rings (SSSR count). The van der Waals surface area contributed by atoms with Crippen molar-refractivity contribution in [3.05, 3.63) is 45.9 Å². The van der Waals surface area contributed by atoms with Gasteiger partial charge in [-0.25, -0.2) is 4.98 Å². The molecule has 1 unspecified atom stereocenters. The van der Waals surface area contributed by atoms with E-state index < -0.39 is 0 Å². The van der Waals surface area contributed by atoms with Crippen LogP contribution in [0.5, 0.6) is 0 Å². The van der Waals surface area contributed by atoms with E-state index in [4.69, 9.17) is 0 Å². The highest BCUT2D eigenvalue weighted by molar-refractivity contribution is 7.09. The number of hydrogen-bond acceptors (Lipinski definition) is 3. The quantitative estimate of drug-likeness (QED) is 0.694. The molecular formula is C17H24N2S. The zero-order valence-corrected chi connectivity index (χ0v) is 13.5. The number of hydrogen-bond donors (Lipinski definition) is 1. The van der Waals surface area contributed by atoms with E-state index in [2.05, 4.69) is 55.3 Å². The van der Waals surface area contributed by atoms with Crippen LogP contribution in [0.1, 0.15) is 55.3 Å². The predicted octanol–water partition coefficient (Wildman–Crippen LogP) is 5.36. The highest BCUT2D eigenvalue weighted by Gasteiger charge is 2.10. The molecule has 0 aliphatic heterocycles. The van der Waals surface area contributed by atoms with Crippen LogP contribution in [0, 0.1) is 6.92 Å². The number of rotatable bonds is 7. The van der Waals surface area contributed by atoms with E-state index in [1.807, 2.05) is 5.51 Å². The number of benzene rings is 1. The lowest BCUT2D eigenvalue weighted by atomic mass is 10.1. The van der Waals surface area contributed by atoms with Crippen LogP contribution in [0.4, 0.5) is 5.69 Å². The van der Waals surface area contributed by atoms with Gasteiger partial charge in [0.05, 0.1) is 17.2 Å². The molecular weight excluding hydrogens is 264 g/mol. The Labute approximate surface area is 126 Å². The smallest absolute Gasteiger partial charge is 0.0798 e. The number of unbranched alkanes of at least 4 members (excludes halogenated alkanes) is 2. The molecule has 0 amide bonds. The van der Waals surface area contributed by atoms with Gasteiger partial charge in [0.15, 0.2) is 0 Å². The summed E-state index contributed by atoms with van der Waals surface area (Å²) in [4.78, 5) is 5.63. The van der Waals surface area contributed by atoms with Gasteiger partial charge in [-0.1, -0.05) is 31.9 Å². The Bertz CT molecular complexity index is 516. The fourth-order valence-electron chi connectivity index (χ4n) is 2.39. The van der Waals surface area contributed by atoms with E-state index in [0.29, 0.717) is 6.04 Å². The van der Waals surface area contributed by atoms with Gasteiger partial charge in [0.1, 0.15) is 0 Å². The van der Waals surface area contributed by atoms with E-state index in [-0.39, 0.29) is 0 Å². The summed E-state index contributed by atoms with van der Waals surface area (Å²) < 4.78 is 0. The third kappa shape index (κ3) is 4.07. The summed E-state index contributed by atoms with van der Waals surface area (Å²) in [6, 6.07) is 9.17. The molecule has 0 spiro atoms. The van der Waals surface area contributed by atoms with Crippen molar-refractivity contribution in [3.63, 3.8) is 0 Å². The van der Waals surface area contributed by atoms with E-state index in [9.17, 15) is 0 Å². The van der Waals surface area contributed by atoms with Gasteiger partial charge in [-0.2, -0.15) is 0 Å². The molecule has 20 heavy (non-hydrogen) atoms. The standard InChI is InChI=1S/C17H24N2S/c1-4-5-6-7-15-8-10-16(11-9-15)19-14(3)17-13(2)18-12-20-17/h8-12,14,19H,4-7H2,1-3H3. The molecule has 2 nitrogen and oxygen atoms in total. The van der Waals surface area contributed by atoms with Crippen molar-refractivity contribution >= 4 is 17.0 Å². The number of nitrogens with one attached hydrogen (secondary N) is 1. The maximum absolute atomic E-state index is 4.31. The molecule has 0 aliphatic carbocycles. The monoisotopic (exact) mass is 288 g/mol. The molecule has 1 aromatic carbocycles. The van der Waals surface area contributed by atoms with Crippen LogP contribution in [0.2, 0.25) is 0 Å². The Morgan fingerprint density at radius 3 is 2.55 bits per heavy atom. The van der Waals surface area contributed by atoms with Gasteiger partial charge < -0.3 is 5.32 Å². The SMILES string of the molecule is CCCCCc1ccc(NC(C)c2scnc2C)cc1. The van der Waals surface area contributed by atoms with E-state index >= 15 is 0 Å². The number of thiazole rings is 1. The highest BCUT2D eigenvalue weighted by atomic mass is 32.1. The summed E-state index contributed by atoms with van der Waals surface area (Å²) in [5.41, 5.74) is 5.67. The molecule has 1 aromatic heterocycles. The first kappa shape index (κ1) is 15.0. The van der Waals surface area contributed by atoms with Gasteiger partial charge in [0, 0.05) is 10.6 Å². The third-order valence-electron chi connectivity index (χ3n) is 3.58. The Morgan fingerprint density at radius 1 is 1.20 bits per heavy atom. The minimum atomic E-state index is 0.313. The zero-order valence-electron chi connectivity index (χ0n) is 12.6. The maximum Gasteiger partial charge on any atom is 0.0798 e. The van der Waals surface area contributed by atoms with Gasteiger partial charge >= 0.3 is 0 Å². The molecule has 0 fully saturated rings. The van der Waals surface area contributed by atoms with E-state index in [1.54, 1.807) is 11.3 Å². The van der Waals surface area contributed by atoms with Gasteiger partial charge in [0.25, 0.3) is 0 Å². The summed E-state index contributed by atoms with van der Waals surface area (Å²) in [6.45, 7) is 6.51. The highest BCUT2D eigenvalue weighted by Crippen LogP contribution is 2.25. The lowest BCUT2D eigenvalue weighted by Gasteiger charge is -2.14. The summed E-state index contributed by atoms with van der Waals surface area (Å²) in [7, 11) is 0. The fraction of sp³-hybridized carbons (Fsp3) is 0.471. The molecule has 0 saturated carbocycles. The molecule has 1 atom stereocenters. The van der Waals surface area contributed by atoms with Gasteiger partial charge in [-0.3, -0.25) is 0 Å². The Morgan fingerprint density at radius 2 is 1.95 bits per heavy atom. The molecule has 108 valence electrons. The van der Waals surface area contributed by atoms with E-state index in [0.717, 1.165) is 5.69 Å². The van der Waals surface area contributed by atoms with Crippen LogP contribution in [-0.4, -0.2) is 4.98 Å². The second-order valence-electron chi connectivity index (χ2n) is 5.32. The van der Waals surface area contributed by atoms with Crippen molar-refractivity contribution in [3.8, 4) is 0 Å².